The quantitative estimate of drug-likeness (QED) is 0.169. The molecule has 9 aromatic rings. The van der Waals surface area contributed by atoms with E-state index < -0.39 is 5.41 Å². The van der Waals surface area contributed by atoms with E-state index in [0.29, 0.717) is 0 Å². The van der Waals surface area contributed by atoms with Gasteiger partial charge in [-0.25, -0.2) is 0 Å². The van der Waals surface area contributed by atoms with E-state index in [9.17, 15) is 0 Å². The first-order valence-corrected chi connectivity index (χ1v) is 19.9. The van der Waals surface area contributed by atoms with Gasteiger partial charge in [-0.3, -0.25) is 0 Å². The molecule has 11 rings (SSSR count). The highest BCUT2D eigenvalue weighted by molar-refractivity contribution is 7.26. The lowest BCUT2D eigenvalue weighted by atomic mass is 9.63. The molecule has 0 fully saturated rings. The van der Waals surface area contributed by atoms with E-state index in [0.717, 1.165) is 9.72 Å². The van der Waals surface area contributed by atoms with Gasteiger partial charge in [0.25, 0.3) is 0 Å². The van der Waals surface area contributed by atoms with Crippen LogP contribution in [0, 0.1) is 0 Å². The summed E-state index contributed by atoms with van der Waals surface area (Å²) < 4.78 is 2.39. The van der Waals surface area contributed by atoms with Crippen LogP contribution in [-0.4, -0.2) is 0 Å². The van der Waals surface area contributed by atoms with Crippen LogP contribution in [0.1, 0.15) is 47.2 Å². The number of benzene rings is 8. The van der Waals surface area contributed by atoms with Crippen molar-refractivity contribution in [2.24, 2.45) is 0 Å². The molecule has 256 valence electrons. The van der Waals surface area contributed by atoms with Gasteiger partial charge in [-0.15, -0.1) is 11.3 Å². The van der Waals surface area contributed by atoms with Gasteiger partial charge in [0.05, 0.1) is 15.1 Å². The van der Waals surface area contributed by atoms with Crippen LogP contribution in [0.4, 0.5) is 0 Å². The fourth-order valence-corrected chi connectivity index (χ4v) is 11.5. The van der Waals surface area contributed by atoms with Crippen LogP contribution in [-0.2, 0) is 10.8 Å². The van der Waals surface area contributed by atoms with E-state index in [1.807, 2.05) is 0 Å². The first-order chi connectivity index (χ1) is 26.5. The molecule has 2 heteroatoms. The number of rotatable bonds is 4. The van der Waals surface area contributed by atoms with E-state index in [1.165, 1.54) is 93.4 Å². The Balaban J connectivity index is 1.34. The molecule has 0 nitrogen and oxygen atoms in total. The predicted molar refractivity (Wildman–Crippen MR) is 230 cm³/mol. The van der Waals surface area contributed by atoms with Crippen LogP contribution in [0.25, 0.3) is 64.7 Å². The van der Waals surface area contributed by atoms with Crippen molar-refractivity contribution in [1.29, 1.82) is 0 Å². The Morgan fingerprint density at radius 1 is 0.463 bits per heavy atom. The Hall–Kier alpha value is -5.73. The van der Waals surface area contributed by atoms with Gasteiger partial charge >= 0.3 is 0 Å². The molecule has 0 aliphatic heterocycles. The number of hydrogen-bond donors (Lipinski definition) is 0. The SMILES string of the molecule is CC1(C)c2ccccc2-c2cc(-c3ccc(Cl)c4sc5ccccc5c34)cc(C3(c4ccccc4)c4ccccc4-c4c(-c5ccccc5)cccc43)c21. The smallest absolute Gasteiger partial charge is 0.0717 e. The summed E-state index contributed by atoms with van der Waals surface area (Å²) in [6.07, 6.45) is 0. The van der Waals surface area contributed by atoms with Crippen LogP contribution in [0.3, 0.4) is 0 Å². The zero-order valence-electron chi connectivity index (χ0n) is 30.0. The summed E-state index contributed by atoms with van der Waals surface area (Å²) in [5.74, 6) is 0. The lowest BCUT2D eigenvalue weighted by Crippen LogP contribution is -2.32. The monoisotopic (exact) mass is 726 g/mol. The molecular formula is C52H35ClS. The fraction of sp³-hybridized carbons (Fsp3) is 0.0769. The normalized spacial score (nSPS) is 16.3. The molecule has 0 N–H and O–H groups in total. The number of hydrogen-bond acceptors (Lipinski definition) is 1. The van der Waals surface area contributed by atoms with Gasteiger partial charge in [-0.1, -0.05) is 177 Å². The summed E-state index contributed by atoms with van der Waals surface area (Å²) in [6.45, 7) is 4.85. The zero-order valence-corrected chi connectivity index (χ0v) is 31.6. The van der Waals surface area contributed by atoms with Gasteiger partial charge in [0.1, 0.15) is 0 Å². The van der Waals surface area contributed by atoms with Crippen molar-refractivity contribution in [1.82, 2.24) is 0 Å². The van der Waals surface area contributed by atoms with E-state index >= 15 is 0 Å². The molecule has 8 aromatic carbocycles. The first-order valence-electron chi connectivity index (χ1n) is 18.7. The minimum Gasteiger partial charge on any atom is -0.134 e. The molecule has 0 spiro atoms. The molecule has 54 heavy (non-hydrogen) atoms. The van der Waals surface area contributed by atoms with E-state index in [1.54, 1.807) is 11.3 Å². The van der Waals surface area contributed by atoms with Gasteiger partial charge in [-0.2, -0.15) is 0 Å². The third-order valence-corrected chi connectivity index (χ3v) is 13.8. The highest BCUT2D eigenvalue weighted by atomic mass is 35.5. The van der Waals surface area contributed by atoms with E-state index in [-0.39, 0.29) is 5.41 Å². The second-order valence-electron chi connectivity index (χ2n) is 15.3. The molecule has 2 aliphatic carbocycles. The molecule has 0 saturated carbocycles. The predicted octanol–water partition coefficient (Wildman–Crippen LogP) is 14.7. The van der Waals surface area contributed by atoms with Gasteiger partial charge in [0.15, 0.2) is 0 Å². The molecule has 2 aliphatic rings. The Bertz CT molecular complexity index is 2970. The third kappa shape index (κ3) is 4.20. The number of halogens is 1. The van der Waals surface area contributed by atoms with Gasteiger partial charge in [0, 0.05) is 20.9 Å². The van der Waals surface area contributed by atoms with Crippen molar-refractivity contribution in [3.05, 3.63) is 214 Å². The average molecular weight is 727 g/mol. The molecule has 1 unspecified atom stereocenters. The standard InChI is InChI=1S/C52H35ClS/c1-51(2)41-24-12-9-20-37(41)40-30-33(36-28-29-45(53)50-48(36)39-22-11-14-27-46(39)54-50)31-44(49(40)51)52(34-18-7-4-8-19-34)42-25-13-10-21-38(42)47-35(23-15-26-43(47)52)32-16-5-3-6-17-32/h3-31H,1-2H3. The lowest BCUT2D eigenvalue weighted by Gasteiger charge is -2.38. The van der Waals surface area contributed by atoms with Crippen molar-refractivity contribution in [3.63, 3.8) is 0 Å². The Labute approximate surface area is 325 Å². The second-order valence-corrected chi connectivity index (χ2v) is 16.7. The largest absolute Gasteiger partial charge is 0.134 e. The minimum absolute atomic E-state index is 0.249. The molecule has 0 saturated heterocycles. The summed E-state index contributed by atoms with van der Waals surface area (Å²) in [4.78, 5) is 0. The highest BCUT2D eigenvalue weighted by Crippen LogP contribution is 2.63. The Morgan fingerprint density at radius 2 is 1.11 bits per heavy atom. The van der Waals surface area contributed by atoms with Crippen LogP contribution in [0.15, 0.2) is 176 Å². The maximum absolute atomic E-state index is 7.01. The van der Waals surface area contributed by atoms with Crippen molar-refractivity contribution in [2.75, 3.05) is 0 Å². The maximum atomic E-state index is 7.01. The van der Waals surface area contributed by atoms with Gasteiger partial charge < -0.3 is 0 Å². The fourth-order valence-electron chi connectivity index (χ4n) is 10.0. The van der Waals surface area contributed by atoms with E-state index in [2.05, 4.69) is 190 Å². The minimum atomic E-state index is -0.598. The summed E-state index contributed by atoms with van der Waals surface area (Å²) >= 11 is 8.80. The van der Waals surface area contributed by atoms with E-state index in [4.69, 9.17) is 11.6 Å². The second kappa shape index (κ2) is 11.6. The summed E-state index contributed by atoms with van der Waals surface area (Å²) in [6, 6.07) is 65.5. The first kappa shape index (κ1) is 31.8. The van der Waals surface area contributed by atoms with Crippen molar-refractivity contribution in [2.45, 2.75) is 24.7 Å². The molecule has 1 heterocycles. The van der Waals surface area contributed by atoms with Crippen LogP contribution in [0.5, 0.6) is 0 Å². The topological polar surface area (TPSA) is 0 Å². The zero-order chi connectivity index (χ0) is 36.2. The number of fused-ring (bicyclic) bond motifs is 9. The summed E-state index contributed by atoms with van der Waals surface area (Å²) in [5, 5.41) is 3.28. The Kier molecular flexibility index (Phi) is 6.84. The molecule has 0 bridgehead atoms. The molecule has 0 radical (unpaired) electrons. The van der Waals surface area contributed by atoms with Crippen LogP contribution in [0.2, 0.25) is 5.02 Å². The molecular weight excluding hydrogens is 692 g/mol. The molecule has 1 aromatic heterocycles. The van der Waals surface area contributed by atoms with Crippen LogP contribution < -0.4 is 0 Å². The summed E-state index contributed by atoms with van der Waals surface area (Å²) in [7, 11) is 0. The molecule has 0 amide bonds. The number of thiophene rings is 1. The third-order valence-electron chi connectivity index (χ3n) is 12.2. The van der Waals surface area contributed by atoms with Gasteiger partial charge in [0.2, 0.25) is 0 Å². The van der Waals surface area contributed by atoms with Crippen molar-refractivity contribution < 1.29 is 0 Å². The summed E-state index contributed by atoms with van der Waals surface area (Å²) in [5.41, 5.74) is 17.3. The Morgan fingerprint density at radius 3 is 1.93 bits per heavy atom. The highest BCUT2D eigenvalue weighted by Gasteiger charge is 2.51. The average Bonchev–Trinajstić information content (AvgIpc) is 3.84. The van der Waals surface area contributed by atoms with Gasteiger partial charge in [-0.05, 0) is 102 Å². The maximum Gasteiger partial charge on any atom is 0.0717 e. The van der Waals surface area contributed by atoms with Crippen LogP contribution >= 0.6 is 22.9 Å². The van der Waals surface area contributed by atoms with Crippen molar-refractivity contribution in [3.8, 4) is 44.5 Å². The molecule has 1 atom stereocenters. The lowest BCUT2D eigenvalue weighted by molar-refractivity contribution is 0.631. The van der Waals surface area contributed by atoms with Crippen molar-refractivity contribution >= 4 is 43.1 Å².